The first-order chi connectivity index (χ1) is 7.11. The number of halogens is 2. The molecule has 0 atom stereocenters. The number of rotatable bonds is 2. The molecule has 0 bridgehead atoms. The maximum absolute atomic E-state index is 13.6. The highest BCUT2D eigenvalue weighted by atomic mass is 127. The fraction of sp³-hybridized carbons (Fsp3) is 0.300. The van der Waals surface area contributed by atoms with Gasteiger partial charge < -0.3 is 0 Å². The van der Waals surface area contributed by atoms with Crippen LogP contribution in [0.5, 0.6) is 0 Å². The molecule has 0 amide bonds. The molecule has 2 rings (SSSR count). The van der Waals surface area contributed by atoms with Crippen LogP contribution in [-0.4, -0.2) is 22.1 Å². The average molecular weight is 320 g/mol. The number of hydrogen-bond acceptors (Lipinski definition) is 2. The molecule has 1 fully saturated rings. The van der Waals surface area contributed by atoms with Gasteiger partial charge in [-0.1, -0.05) is 6.07 Å². The highest BCUT2D eigenvalue weighted by molar-refractivity contribution is 14.1. The van der Waals surface area contributed by atoms with Crippen LogP contribution in [-0.2, 0) is 0 Å². The Morgan fingerprint density at radius 3 is 2.80 bits per heavy atom. The zero-order valence-electron chi connectivity index (χ0n) is 7.87. The van der Waals surface area contributed by atoms with Gasteiger partial charge in [0, 0.05) is 3.57 Å². The van der Waals surface area contributed by atoms with Crippen molar-refractivity contribution in [3.8, 4) is 0 Å². The maximum atomic E-state index is 13.6. The first-order valence-corrected chi connectivity index (χ1v) is 5.70. The van der Waals surface area contributed by atoms with Gasteiger partial charge in [0.1, 0.15) is 5.82 Å². The van der Waals surface area contributed by atoms with Gasteiger partial charge in [0.15, 0.2) is 5.84 Å². The van der Waals surface area contributed by atoms with E-state index in [9.17, 15) is 9.60 Å². The molecule has 0 radical (unpaired) electrons. The summed E-state index contributed by atoms with van der Waals surface area (Å²) in [5.74, 6) is -0.601. The summed E-state index contributed by atoms with van der Waals surface area (Å²) >= 11 is 1.87. The van der Waals surface area contributed by atoms with Crippen molar-refractivity contribution in [1.29, 1.82) is 5.41 Å². The minimum atomic E-state index is -0.442. The molecule has 5 heteroatoms. The Hall–Kier alpha value is -0.690. The molecule has 2 N–H and O–H groups in total. The largest absolute Gasteiger partial charge is 0.287 e. The first kappa shape index (κ1) is 10.8. The quantitative estimate of drug-likeness (QED) is 0.381. The lowest BCUT2D eigenvalue weighted by molar-refractivity contribution is -0.0234. The van der Waals surface area contributed by atoms with Crippen LogP contribution in [0.15, 0.2) is 18.2 Å². The van der Waals surface area contributed by atoms with Crippen molar-refractivity contribution in [3.05, 3.63) is 33.1 Å². The van der Waals surface area contributed by atoms with E-state index in [2.05, 4.69) is 0 Å². The van der Waals surface area contributed by atoms with Crippen molar-refractivity contribution >= 4 is 28.4 Å². The Morgan fingerprint density at radius 1 is 1.53 bits per heavy atom. The van der Waals surface area contributed by atoms with Crippen LogP contribution < -0.4 is 0 Å². The van der Waals surface area contributed by atoms with E-state index in [4.69, 9.17) is 5.41 Å². The van der Waals surface area contributed by atoms with E-state index in [0.29, 0.717) is 3.57 Å². The Balaban J connectivity index is 2.28. The number of nitrogens with one attached hydrogen (secondary N) is 1. The third kappa shape index (κ3) is 2.12. The molecule has 0 saturated heterocycles. The van der Waals surface area contributed by atoms with Crippen molar-refractivity contribution in [3.63, 3.8) is 0 Å². The van der Waals surface area contributed by atoms with Crippen molar-refractivity contribution in [2.45, 2.75) is 18.9 Å². The predicted molar refractivity (Wildman–Crippen MR) is 62.6 cm³/mol. The fourth-order valence-corrected chi connectivity index (χ4v) is 1.81. The molecule has 1 aliphatic carbocycles. The molecule has 1 aromatic carbocycles. The highest BCUT2D eigenvalue weighted by Gasteiger charge is 2.31. The Bertz CT molecular complexity index is 406. The van der Waals surface area contributed by atoms with Gasteiger partial charge >= 0.3 is 0 Å². The molecule has 0 aliphatic heterocycles. The lowest BCUT2D eigenvalue weighted by Crippen LogP contribution is -2.30. The van der Waals surface area contributed by atoms with Crippen LogP contribution in [0.25, 0.3) is 0 Å². The van der Waals surface area contributed by atoms with Crippen LogP contribution in [0, 0.1) is 14.8 Å². The third-order valence-electron chi connectivity index (χ3n) is 2.33. The summed E-state index contributed by atoms with van der Waals surface area (Å²) in [7, 11) is 0. The van der Waals surface area contributed by atoms with E-state index in [1.165, 1.54) is 6.07 Å². The molecule has 1 aromatic rings. The molecule has 3 nitrogen and oxygen atoms in total. The molecule has 80 valence electrons. The number of hydroxylamine groups is 2. The SMILES string of the molecule is N=C(c1cccc(I)c1F)N(O)C1CC1. The van der Waals surface area contributed by atoms with Gasteiger partial charge in [-0.3, -0.25) is 10.6 Å². The summed E-state index contributed by atoms with van der Waals surface area (Å²) < 4.78 is 14.1. The van der Waals surface area contributed by atoms with Crippen LogP contribution in [0.1, 0.15) is 18.4 Å². The van der Waals surface area contributed by atoms with E-state index in [1.54, 1.807) is 12.1 Å². The van der Waals surface area contributed by atoms with Crippen molar-refractivity contribution in [1.82, 2.24) is 5.06 Å². The van der Waals surface area contributed by atoms with Crippen LogP contribution in [0.2, 0.25) is 0 Å². The summed E-state index contributed by atoms with van der Waals surface area (Å²) in [5.41, 5.74) is 0.149. The van der Waals surface area contributed by atoms with E-state index >= 15 is 0 Å². The summed E-state index contributed by atoms with van der Waals surface area (Å²) in [6.07, 6.45) is 1.73. The summed E-state index contributed by atoms with van der Waals surface area (Å²) in [5, 5.41) is 18.1. The molecular weight excluding hydrogens is 310 g/mol. The first-order valence-electron chi connectivity index (χ1n) is 4.62. The Morgan fingerprint density at radius 2 is 2.20 bits per heavy atom. The van der Waals surface area contributed by atoms with Crippen LogP contribution in [0.4, 0.5) is 4.39 Å². The second kappa shape index (κ2) is 4.05. The van der Waals surface area contributed by atoms with Crippen molar-refractivity contribution in [2.75, 3.05) is 0 Å². The summed E-state index contributed by atoms with van der Waals surface area (Å²) in [4.78, 5) is 0. The molecule has 1 aliphatic rings. The minimum Gasteiger partial charge on any atom is -0.287 e. The molecule has 0 spiro atoms. The van der Waals surface area contributed by atoms with Crippen molar-refractivity contribution in [2.24, 2.45) is 0 Å². The van der Waals surface area contributed by atoms with Gasteiger partial charge in [-0.15, -0.1) is 0 Å². The normalized spacial score (nSPS) is 15.1. The number of amidine groups is 1. The zero-order chi connectivity index (χ0) is 11.0. The second-order valence-electron chi connectivity index (χ2n) is 3.53. The molecule has 15 heavy (non-hydrogen) atoms. The average Bonchev–Trinajstić information content (AvgIpc) is 3.03. The van der Waals surface area contributed by atoms with Gasteiger partial charge in [-0.25, -0.2) is 9.45 Å². The van der Waals surface area contributed by atoms with E-state index in [1.807, 2.05) is 22.6 Å². The molecule has 0 aromatic heterocycles. The van der Waals surface area contributed by atoms with E-state index in [0.717, 1.165) is 17.9 Å². The summed E-state index contributed by atoms with van der Waals surface area (Å²) in [6, 6.07) is 4.81. The van der Waals surface area contributed by atoms with Crippen LogP contribution in [0.3, 0.4) is 0 Å². The lowest BCUT2D eigenvalue weighted by atomic mass is 10.2. The van der Waals surface area contributed by atoms with Gasteiger partial charge in [0.25, 0.3) is 0 Å². The third-order valence-corrected chi connectivity index (χ3v) is 3.16. The Labute approximate surface area is 101 Å². The summed E-state index contributed by atoms with van der Waals surface area (Å²) in [6.45, 7) is 0. The standard InChI is InChI=1S/C10H10FIN2O/c11-9-7(2-1-3-8(9)12)10(13)14(15)6-4-5-6/h1-3,6,13,15H,4-5H2. The molecule has 1 saturated carbocycles. The minimum absolute atomic E-state index is 0.00485. The number of hydrogen-bond donors (Lipinski definition) is 2. The number of nitrogens with zero attached hydrogens (tertiary/aromatic N) is 1. The molecular formula is C10H10FIN2O. The van der Waals surface area contributed by atoms with Gasteiger partial charge in [0.2, 0.25) is 0 Å². The van der Waals surface area contributed by atoms with Crippen molar-refractivity contribution < 1.29 is 9.60 Å². The molecule has 0 unspecified atom stereocenters. The van der Waals surface area contributed by atoms with Gasteiger partial charge in [-0.2, -0.15) is 0 Å². The van der Waals surface area contributed by atoms with E-state index in [-0.39, 0.29) is 17.4 Å². The van der Waals surface area contributed by atoms with Gasteiger partial charge in [0.05, 0.1) is 11.6 Å². The monoisotopic (exact) mass is 320 g/mol. The topological polar surface area (TPSA) is 47.3 Å². The fourth-order valence-electron chi connectivity index (χ4n) is 1.31. The smallest absolute Gasteiger partial charge is 0.155 e. The van der Waals surface area contributed by atoms with Gasteiger partial charge in [-0.05, 0) is 47.6 Å². The zero-order valence-corrected chi connectivity index (χ0v) is 10.0. The van der Waals surface area contributed by atoms with Crippen LogP contribution >= 0.6 is 22.6 Å². The maximum Gasteiger partial charge on any atom is 0.155 e. The Kier molecular flexibility index (Phi) is 2.92. The predicted octanol–water partition coefficient (Wildman–Crippen LogP) is 2.61. The second-order valence-corrected chi connectivity index (χ2v) is 4.69. The number of benzene rings is 1. The lowest BCUT2D eigenvalue weighted by Gasteiger charge is -2.17. The van der Waals surface area contributed by atoms with E-state index < -0.39 is 5.82 Å². The highest BCUT2D eigenvalue weighted by Crippen LogP contribution is 2.27. The molecule has 0 heterocycles.